The lowest BCUT2D eigenvalue weighted by Crippen LogP contribution is -2.38. The van der Waals surface area contributed by atoms with Crippen LogP contribution in [0.25, 0.3) is 0 Å². The van der Waals surface area contributed by atoms with Crippen molar-refractivity contribution in [3.8, 4) is 0 Å². The predicted molar refractivity (Wildman–Crippen MR) is 102 cm³/mol. The number of aryl methyl sites for hydroxylation is 2. The Bertz CT molecular complexity index is 705. The van der Waals surface area contributed by atoms with Crippen LogP contribution in [0.1, 0.15) is 49.7 Å². The number of anilines is 1. The highest BCUT2D eigenvalue weighted by Crippen LogP contribution is 2.29. The van der Waals surface area contributed by atoms with Gasteiger partial charge in [0.15, 0.2) is 6.61 Å². The van der Waals surface area contributed by atoms with Crippen molar-refractivity contribution in [2.24, 2.45) is 5.92 Å². The summed E-state index contributed by atoms with van der Waals surface area (Å²) < 4.78 is 5.17. The average molecular weight is 372 g/mol. The number of hydrogen-bond acceptors (Lipinski definition) is 4. The maximum absolute atomic E-state index is 12.3. The molecule has 1 N–H and O–H groups in total. The van der Waals surface area contributed by atoms with E-state index < -0.39 is 11.9 Å². The minimum Gasteiger partial charge on any atom is -0.455 e. The van der Waals surface area contributed by atoms with Crippen LogP contribution in [-0.2, 0) is 19.1 Å². The van der Waals surface area contributed by atoms with Crippen LogP contribution in [-0.4, -0.2) is 41.9 Å². The molecule has 1 aromatic carbocycles. The molecule has 3 rings (SSSR count). The van der Waals surface area contributed by atoms with E-state index in [1.165, 1.54) is 6.42 Å². The van der Waals surface area contributed by atoms with Gasteiger partial charge in [0.2, 0.25) is 5.91 Å². The average Bonchev–Trinajstić information content (AvgIpc) is 3.01. The van der Waals surface area contributed by atoms with Crippen molar-refractivity contribution in [2.75, 3.05) is 18.5 Å². The van der Waals surface area contributed by atoms with Gasteiger partial charge in [-0.1, -0.05) is 25.3 Å². The summed E-state index contributed by atoms with van der Waals surface area (Å²) in [5.74, 6) is -1.27. The lowest BCUT2D eigenvalue weighted by molar-refractivity contribution is -0.151. The molecule has 0 bridgehead atoms. The zero-order chi connectivity index (χ0) is 19.4. The van der Waals surface area contributed by atoms with Gasteiger partial charge in [-0.25, -0.2) is 0 Å². The summed E-state index contributed by atoms with van der Waals surface area (Å²) in [6.07, 6.45) is 5.73. The summed E-state index contributed by atoms with van der Waals surface area (Å²) in [5.41, 5.74) is 2.79. The minimum absolute atomic E-state index is 0.0311. The largest absolute Gasteiger partial charge is 0.455 e. The molecule has 2 fully saturated rings. The molecule has 1 saturated carbocycles. The Morgan fingerprint density at radius 1 is 1.11 bits per heavy atom. The number of hydrogen-bond donors (Lipinski definition) is 1. The van der Waals surface area contributed by atoms with Gasteiger partial charge in [-0.15, -0.1) is 0 Å². The smallest absolute Gasteiger partial charge is 0.311 e. The number of esters is 1. The molecule has 6 nitrogen and oxygen atoms in total. The molecule has 1 saturated heterocycles. The number of rotatable bonds is 5. The van der Waals surface area contributed by atoms with E-state index in [0.29, 0.717) is 12.2 Å². The molecule has 1 aliphatic heterocycles. The Morgan fingerprint density at radius 2 is 1.78 bits per heavy atom. The Morgan fingerprint density at radius 3 is 2.44 bits per heavy atom. The lowest BCUT2D eigenvalue weighted by Gasteiger charge is -2.31. The second-order valence-corrected chi connectivity index (χ2v) is 7.77. The van der Waals surface area contributed by atoms with Gasteiger partial charge in [-0.05, 0) is 49.9 Å². The predicted octanol–water partition coefficient (Wildman–Crippen LogP) is 2.97. The van der Waals surface area contributed by atoms with Crippen LogP contribution >= 0.6 is 0 Å². The number of benzene rings is 1. The van der Waals surface area contributed by atoms with Crippen molar-refractivity contribution in [3.05, 3.63) is 29.3 Å². The highest BCUT2D eigenvalue weighted by atomic mass is 16.5. The van der Waals surface area contributed by atoms with Gasteiger partial charge in [-0.3, -0.25) is 14.4 Å². The van der Waals surface area contributed by atoms with E-state index in [2.05, 4.69) is 5.32 Å². The van der Waals surface area contributed by atoms with Gasteiger partial charge in [0.05, 0.1) is 5.92 Å². The third kappa shape index (κ3) is 5.08. The first-order valence-corrected chi connectivity index (χ1v) is 9.76. The van der Waals surface area contributed by atoms with Gasteiger partial charge in [0.1, 0.15) is 0 Å². The second kappa shape index (κ2) is 8.55. The van der Waals surface area contributed by atoms with Crippen molar-refractivity contribution in [3.63, 3.8) is 0 Å². The normalized spacial score (nSPS) is 20.6. The molecule has 146 valence electrons. The summed E-state index contributed by atoms with van der Waals surface area (Å²) in [6.45, 7) is 4.00. The summed E-state index contributed by atoms with van der Waals surface area (Å²) in [6, 6.07) is 6.01. The van der Waals surface area contributed by atoms with Crippen molar-refractivity contribution < 1.29 is 19.1 Å². The van der Waals surface area contributed by atoms with Crippen LogP contribution in [0.4, 0.5) is 5.69 Å². The molecular formula is C21H28N2O4. The molecule has 1 atom stereocenters. The molecular weight excluding hydrogens is 344 g/mol. The second-order valence-electron chi connectivity index (χ2n) is 7.77. The highest BCUT2D eigenvalue weighted by molar-refractivity contribution is 5.93. The fourth-order valence-corrected chi connectivity index (χ4v) is 4.13. The summed E-state index contributed by atoms with van der Waals surface area (Å²) in [5, 5.41) is 2.75. The van der Waals surface area contributed by atoms with Gasteiger partial charge in [0, 0.05) is 24.7 Å². The fourth-order valence-electron chi connectivity index (χ4n) is 4.13. The molecule has 1 aliphatic carbocycles. The molecule has 6 heteroatoms. The Labute approximate surface area is 160 Å². The number of ether oxygens (including phenoxy) is 1. The first-order chi connectivity index (χ1) is 12.9. The van der Waals surface area contributed by atoms with Gasteiger partial charge >= 0.3 is 5.97 Å². The van der Waals surface area contributed by atoms with Crippen LogP contribution in [0.2, 0.25) is 0 Å². The molecule has 0 unspecified atom stereocenters. The molecule has 2 amide bonds. The number of nitrogens with zero attached hydrogens (tertiary/aromatic N) is 1. The first-order valence-electron chi connectivity index (χ1n) is 9.76. The maximum Gasteiger partial charge on any atom is 0.311 e. The third-order valence-corrected chi connectivity index (χ3v) is 5.36. The minimum atomic E-state index is -0.464. The Kier molecular flexibility index (Phi) is 6.14. The zero-order valence-corrected chi connectivity index (χ0v) is 16.1. The van der Waals surface area contributed by atoms with Crippen molar-refractivity contribution in [1.82, 2.24) is 4.90 Å². The molecule has 27 heavy (non-hydrogen) atoms. The molecule has 0 aromatic heterocycles. The number of carbonyl (C=O) groups excluding carboxylic acids is 3. The maximum atomic E-state index is 12.3. The van der Waals surface area contributed by atoms with Gasteiger partial charge < -0.3 is 15.0 Å². The van der Waals surface area contributed by atoms with Crippen LogP contribution in [0.15, 0.2) is 18.2 Å². The van der Waals surface area contributed by atoms with Crippen molar-refractivity contribution in [1.29, 1.82) is 0 Å². The number of nitrogens with one attached hydrogen (secondary N) is 1. The van der Waals surface area contributed by atoms with Crippen molar-refractivity contribution in [2.45, 2.75) is 58.4 Å². The van der Waals surface area contributed by atoms with E-state index in [1.54, 1.807) is 0 Å². The van der Waals surface area contributed by atoms with Gasteiger partial charge in [-0.2, -0.15) is 0 Å². The van der Waals surface area contributed by atoms with E-state index >= 15 is 0 Å². The van der Waals surface area contributed by atoms with Crippen LogP contribution in [0.5, 0.6) is 0 Å². The van der Waals surface area contributed by atoms with E-state index in [-0.39, 0.29) is 30.9 Å². The highest BCUT2D eigenvalue weighted by Gasteiger charge is 2.39. The van der Waals surface area contributed by atoms with E-state index in [9.17, 15) is 14.4 Å². The monoisotopic (exact) mass is 372 g/mol. The van der Waals surface area contributed by atoms with Crippen LogP contribution in [0, 0.1) is 19.8 Å². The summed E-state index contributed by atoms with van der Waals surface area (Å²) >= 11 is 0. The standard InChI is InChI=1S/C21H28N2O4/c1-14-8-15(2)10-17(9-14)22-19(24)13-27-21(26)16-11-20(25)23(12-16)18-6-4-3-5-7-18/h8-10,16,18H,3-7,11-13H2,1-2H3,(H,22,24)/t16-/m1/s1. The lowest BCUT2D eigenvalue weighted by atomic mass is 9.94. The van der Waals surface area contributed by atoms with Crippen LogP contribution < -0.4 is 5.32 Å². The van der Waals surface area contributed by atoms with Gasteiger partial charge in [0.25, 0.3) is 5.91 Å². The SMILES string of the molecule is Cc1cc(C)cc(NC(=O)COC(=O)[C@@H]2CC(=O)N(C3CCCCC3)C2)c1. The third-order valence-electron chi connectivity index (χ3n) is 5.36. The Balaban J connectivity index is 1.47. The fraction of sp³-hybridized carbons (Fsp3) is 0.571. The van der Waals surface area contributed by atoms with E-state index in [4.69, 9.17) is 4.74 Å². The number of carbonyl (C=O) groups is 3. The molecule has 0 radical (unpaired) electrons. The molecule has 1 heterocycles. The number of likely N-dealkylation sites (tertiary alicyclic amines) is 1. The van der Waals surface area contributed by atoms with E-state index in [0.717, 1.165) is 36.8 Å². The zero-order valence-electron chi connectivity index (χ0n) is 16.1. The number of amides is 2. The topological polar surface area (TPSA) is 75.7 Å². The summed E-state index contributed by atoms with van der Waals surface area (Å²) in [7, 11) is 0. The molecule has 1 aromatic rings. The molecule has 0 spiro atoms. The van der Waals surface area contributed by atoms with Crippen molar-refractivity contribution >= 4 is 23.5 Å². The first kappa shape index (κ1) is 19.4. The van der Waals surface area contributed by atoms with Crippen LogP contribution in [0.3, 0.4) is 0 Å². The summed E-state index contributed by atoms with van der Waals surface area (Å²) in [4.78, 5) is 38.5. The Hall–Kier alpha value is -2.37. The van der Waals surface area contributed by atoms with E-state index in [1.807, 2.05) is 36.9 Å². The quantitative estimate of drug-likeness (QED) is 0.806. The molecule has 2 aliphatic rings.